The molecule has 2 aromatic carbocycles. The minimum absolute atomic E-state index is 0.131. The van der Waals surface area contributed by atoms with E-state index in [-0.39, 0.29) is 5.57 Å². The first kappa shape index (κ1) is 18.9. The summed E-state index contributed by atoms with van der Waals surface area (Å²) < 4.78 is 19.7. The first-order valence-electron chi connectivity index (χ1n) is 8.38. The predicted molar refractivity (Wildman–Crippen MR) is 103 cm³/mol. The summed E-state index contributed by atoms with van der Waals surface area (Å²) in [5.41, 5.74) is 1.26. The molecule has 0 bridgehead atoms. The first-order chi connectivity index (χ1) is 13.1. The molecule has 7 heteroatoms. The van der Waals surface area contributed by atoms with Crippen LogP contribution in [0.5, 0.6) is 0 Å². The van der Waals surface area contributed by atoms with Gasteiger partial charge >= 0.3 is 0 Å². The van der Waals surface area contributed by atoms with Crippen molar-refractivity contribution in [3.8, 4) is 6.07 Å². The van der Waals surface area contributed by atoms with Gasteiger partial charge in [-0.1, -0.05) is 23.7 Å². The Bertz CT molecular complexity index is 918. The molecule has 1 saturated heterocycles. The van der Waals surface area contributed by atoms with Gasteiger partial charge in [-0.25, -0.2) is 4.39 Å². The Balaban J connectivity index is 1.77. The third-order valence-electron chi connectivity index (χ3n) is 4.08. The number of amides is 1. The van der Waals surface area contributed by atoms with Crippen LogP contribution in [0, 0.1) is 17.1 Å². The van der Waals surface area contributed by atoms with Gasteiger partial charge in [-0.3, -0.25) is 4.79 Å². The number of nitrogens with one attached hydrogen (secondary N) is 1. The van der Waals surface area contributed by atoms with E-state index in [9.17, 15) is 14.4 Å². The van der Waals surface area contributed by atoms with E-state index >= 15 is 0 Å². The van der Waals surface area contributed by atoms with Crippen LogP contribution < -0.4 is 10.2 Å². The summed E-state index contributed by atoms with van der Waals surface area (Å²) in [6, 6.07) is 13.1. The van der Waals surface area contributed by atoms with Crippen molar-refractivity contribution < 1.29 is 13.9 Å². The number of carbonyl (C=O) groups is 1. The molecule has 1 amide bonds. The van der Waals surface area contributed by atoms with Gasteiger partial charge in [0.2, 0.25) is 0 Å². The zero-order valence-corrected chi connectivity index (χ0v) is 15.2. The summed E-state index contributed by atoms with van der Waals surface area (Å²) in [6.07, 6.45) is 1.35. The van der Waals surface area contributed by atoms with Crippen LogP contribution >= 0.6 is 11.6 Å². The molecule has 0 atom stereocenters. The lowest BCUT2D eigenvalue weighted by atomic mass is 10.1. The fraction of sp³-hybridized carbons (Fsp3) is 0.200. The standard InChI is InChI=1S/C20H17ClFN3O2/c21-16-2-1-3-17(12-16)24-20(26)15(13-23)10-14-4-5-19(18(22)11-14)25-6-8-27-9-7-25/h1-5,10-12H,6-9H2,(H,24,26)/b15-10-. The molecule has 5 nitrogen and oxygen atoms in total. The van der Waals surface area contributed by atoms with Crippen molar-refractivity contribution in [3.63, 3.8) is 0 Å². The third kappa shape index (κ3) is 4.85. The minimum Gasteiger partial charge on any atom is -0.378 e. The number of morpholine rings is 1. The summed E-state index contributed by atoms with van der Waals surface area (Å²) in [5, 5.41) is 12.4. The molecule has 1 heterocycles. The number of halogens is 2. The van der Waals surface area contributed by atoms with Gasteiger partial charge in [0.25, 0.3) is 5.91 Å². The van der Waals surface area contributed by atoms with Crippen LogP contribution in [0.25, 0.3) is 6.08 Å². The second-order valence-electron chi connectivity index (χ2n) is 5.94. The zero-order valence-electron chi connectivity index (χ0n) is 14.4. The Morgan fingerprint density at radius 2 is 2.04 bits per heavy atom. The Kier molecular flexibility index (Phi) is 6.07. The van der Waals surface area contributed by atoms with E-state index in [1.807, 2.05) is 11.0 Å². The van der Waals surface area contributed by atoms with Crippen LogP contribution in [-0.4, -0.2) is 32.2 Å². The Hall–Kier alpha value is -2.88. The number of nitriles is 1. The molecule has 27 heavy (non-hydrogen) atoms. The fourth-order valence-corrected chi connectivity index (χ4v) is 2.94. The van der Waals surface area contributed by atoms with Gasteiger partial charge in [-0.2, -0.15) is 5.26 Å². The normalized spacial score (nSPS) is 14.6. The van der Waals surface area contributed by atoms with Crippen LogP contribution in [0.1, 0.15) is 5.56 Å². The lowest BCUT2D eigenvalue weighted by Crippen LogP contribution is -2.36. The smallest absolute Gasteiger partial charge is 0.266 e. The van der Waals surface area contributed by atoms with Gasteiger partial charge in [0.15, 0.2) is 0 Å². The molecule has 1 N–H and O–H groups in total. The number of hydrogen-bond acceptors (Lipinski definition) is 4. The number of anilines is 2. The molecule has 1 fully saturated rings. The molecule has 3 rings (SSSR count). The number of nitrogens with zero attached hydrogens (tertiary/aromatic N) is 2. The summed E-state index contributed by atoms with van der Waals surface area (Å²) in [7, 11) is 0. The molecule has 2 aromatic rings. The average molecular weight is 386 g/mol. The van der Waals surface area contributed by atoms with Gasteiger partial charge in [0, 0.05) is 23.8 Å². The van der Waals surface area contributed by atoms with E-state index in [2.05, 4.69) is 5.32 Å². The van der Waals surface area contributed by atoms with E-state index in [1.165, 1.54) is 12.1 Å². The van der Waals surface area contributed by atoms with Gasteiger partial charge in [0.05, 0.1) is 18.9 Å². The van der Waals surface area contributed by atoms with E-state index in [0.717, 1.165) is 0 Å². The summed E-state index contributed by atoms with van der Waals surface area (Å²) >= 11 is 5.88. The maximum Gasteiger partial charge on any atom is 0.266 e. The number of carbonyl (C=O) groups excluding carboxylic acids is 1. The quantitative estimate of drug-likeness (QED) is 0.641. The highest BCUT2D eigenvalue weighted by Crippen LogP contribution is 2.23. The van der Waals surface area contributed by atoms with Crippen molar-refractivity contribution in [1.29, 1.82) is 5.26 Å². The molecule has 0 unspecified atom stereocenters. The van der Waals surface area contributed by atoms with Crippen molar-refractivity contribution in [3.05, 3.63) is 64.4 Å². The lowest BCUT2D eigenvalue weighted by Gasteiger charge is -2.29. The summed E-state index contributed by atoms with van der Waals surface area (Å²) in [5.74, 6) is -0.990. The summed E-state index contributed by atoms with van der Waals surface area (Å²) in [4.78, 5) is 14.2. The molecule has 0 radical (unpaired) electrons. The molecule has 138 valence electrons. The zero-order chi connectivity index (χ0) is 19.2. The SMILES string of the molecule is N#C/C(=C/c1ccc(N2CCOCC2)c(F)c1)C(=O)Nc1cccc(Cl)c1. The Morgan fingerprint density at radius 3 is 2.70 bits per heavy atom. The number of hydrogen-bond donors (Lipinski definition) is 1. The van der Waals surface area contributed by atoms with Crippen molar-refractivity contribution >= 4 is 35.0 Å². The van der Waals surface area contributed by atoms with E-state index in [0.29, 0.717) is 48.3 Å². The lowest BCUT2D eigenvalue weighted by molar-refractivity contribution is -0.112. The van der Waals surface area contributed by atoms with Crippen LogP contribution in [0.15, 0.2) is 48.0 Å². The van der Waals surface area contributed by atoms with Crippen LogP contribution in [0.4, 0.5) is 15.8 Å². The second kappa shape index (κ2) is 8.67. The highest BCUT2D eigenvalue weighted by Gasteiger charge is 2.16. The third-order valence-corrected chi connectivity index (χ3v) is 4.32. The average Bonchev–Trinajstić information content (AvgIpc) is 2.67. The topological polar surface area (TPSA) is 65.4 Å². The van der Waals surface area contributed by atoms with E-state index < -0.39 is 11.7 Å². The fourth-order valence-electron chi connectivity index (χ4n) is 2.75. The molecular weight excluding hydrogens is 369 g/mol. The molecule has 0 saturated carbocycles. The largest absolute Gasteiger partial charge is 0.378 e. The highest BCUT2D eigenvalue weighted by molar-refractivity contribution is 6.31. The van der Waals surface area contributed by atoms with Crippen LogP contribution in [0.3, 0.4) is 0 Å². The minimum atomic E-state index is -0.586. The van der Waals surface area contributed by atoms with Gasteiger partial charge in [0.1, 0.15) is 17.5 Å². The van der Waals surface area contributed by atoms with Crippen LogP contribution in [0.2, 0.25) is 5.02 Å². The Labute approximate surface area is 161 Å². The van der Waals surface area contributed by atoms with Crippen molar-refractivity contribution in [2.24, 2.45) is 0 Å². The molecule has 1 aliphatic heterocycles. The van der Waals surface area contributed by atoms with Gasteiger partial charge in [-0.05, 0) is 42.0 Å². The molecule has 0 aliphatic carbocycles. The first-order valence-corrected chi connectivity index (χ1v) is 8.75. The highest BCUT2D eigenvalue weighted by atomic mass is 35.5. The monoisotopic (exact) mass is 385 g/mol. The maximum atomic E-state index is 14.5. The predicted octanol–water partition coefficient (Wildman–Crippen LogP) is 3.86. The van der Waals surface area contributed by atoms with Crippen molar-refractivity contribution in [1.82, 2.24) is 0 Å². The molecular formula is C20H17ClFN3O2. The van der Waals surface area contributed by atoms with Crippen molar-refractivity contribution in [2.45, 2.75) is 0 Å². The molecule has 0 aromatic heterocycles. The summed E-state index contributed by atoms with van der Waals surface area (Å²) in [6.45, 7) is 2.36. The van der Waals surface area contributed by atoms with E-state index in [4.69, 9.17) is 16.3 Å². The number of rotatable bonds is 4. The van der Waals surface area contributed by atoms with Crippen LogP contribution in [-0.2, 0) is 9.53 Å². The van der Waals surface area contributed by atoms with E-state index in [1.54, 1.807) is 36.4 Å². The number of ether oxygens (including phenoxy) is 1. The second-order valence-corrected chi connectivity index (χ2v) is 6.38. The molecule has 0 spiro atoms. The maximum absolute atomic E-state index is 14.5. The van der Waals surface area contributed by atoms with Crippen molar-refractivity contribution in [2.75, 3.05) is 36.5 Å². The van der Waals surface area contributed by atoms with Gasteiger partial charge in [-0.15, -0.1) is 0 Å². The number of benzene rings is 2. The van der Waals surface area contributed by atoms with Gasteiger partial charge < -0.3 is 15.0 Å². The molecule has 1 aliphatic rings. The Morgan fingerprint density at radius 1 is 1.26 bits per heavy atom.